The summed E-state index contributed by atoms with van der Waals surface area (Å²) >= 11 is 0. The van der Waals surface area contributed by atoms with E-state index in [-0.39, 0.29) is 17.5 Å². The molecule has 0 saturated carbocycles. The van der Waals surface area contributed by atoms with Crippen LogP contribution < -0.4 is 5.32 Å². The molecule has 5 nitrogen and oxygen atoms in total. The summed E-state index contributed by atoms with van der Waals surface area (Å²) in [4.78, 5) is 12.8. The second kappa shape index (κ2) is 5.42. The van der Waals surface area contributed by atoms with Gasteiger partial charge in [-0.25, -0.2) is 9.18 Å². The van der Waals surface area contributed by atoms with Crippen molar-refractivity contribution < 1.29 is 19.0 Å². The molecule has 0 amide bonds. The Labute approximate surface area is 137 Å². The van der Waals surface area contributed by atoms with Crippen LogP contribution in [0.15, 0.2) is 66.9 Å². The van der Waals surface area contributed by atoms with Gasteiger partial charge in [0.15, 0.2) is 0 Å². The Morgan fingerprint density at radius 1 is 1.17 bits per heavy atom. The first-order chi connectivity index (χ1) is 11.6. The van der Waals surface area contributed by atoms with Gasteiger partial charge in [-0.2, -0.15) is 0 Å². The molecule has 2 aromatic carbocycles. The molecule has 0 spiro atoms. The monoisotopic (exact) mass is 324 g/mol. The van der Waals surface area contributed by atoms with Crippen molar-refractivity contribution in [3.8, 4) is 0 Å². The summed E-state index contributed by atoms with van der Waals surface area (Å²) in [7, 11) is 0. The molecule has 2 N–H and O–H groups in total. The van der Waals surface area contributed by atoms with Crippen molar-refractivity contribution in [2.24, 2.45) is 0 Å². The van der Waals surface area contributed by atoms with Crippen LogP contribution in [0.5, 0.6) is 0 Å². The van der Waals surface area contributed by atoms with Crippen molar-refractivity contribution in [1.82, 2.24) is 10.2 Å². The number of hydrogen-bond donors (Lipinski definition) is 2. The van der Waals surface area contributed by atoms with Crippen LogP contribution in [-0.4, -0.2) is 16.0 Å². The molecule has 6 heteroatoms. The van der Waals surface area contributed by atoms with Gasteiger partial charge in [-0.3, -0.25) is 4.90 Å². The maximum Gasteiger partial charge on any atom is 0.335 e. The molecule has 2 aromatic rings. The van der Waals surface area contributed by atoms with Crippen molar-refractivity contribution in [3.05, 3.63) is 89.4 Å². The number of carboxylic acids is 1. The highest BCUT2D eigenvalue weighted by Gasteiger charge is 2.36. The molecule has 0 aromatic heterocycles. The number of carboxylic acid groups (broad SMARTS) is 1. The van der Waals surface area contributed by atoms with Gasteiger partial charge in [0.1, 0.15) is 23.9 Å². The summed E-state index contributed by atoms with van der Waals surface area (Å²) in [6.07, 6.45) is 3.00. The topological polar surface area (TPSA) is 61.8 Å². The average Bonchev–Trinajstić information content (AvgIpc) is 3.18. The highest BCUT2D eigenvalue weighted by atomic mass is 19.1. The predicted molar refractivity (Wildman–Crippen MR) is 84.7 cm³/mol. The van der Waals surface area contributed by atoms with Gasteiger partial charge in [-0.1, -0.05) is 24.3 Å². The fourth-order valence-electron chi connectivity index (χ4n) is 2.86. The molecule has 2 heterocycles. The van der Waals surface area contributed by atoms with Crippen molar-refractivity contribution >= 4 is 11.7 Å². The number of carbonyl (C=O) groups is 1. The first kappa shape index (κ1) is 14.3. The number of ether oxygens (including phenoxy) is 1. The van der Waals surface area contributed by atoms with Crippen LogP contribution in [-0.2, 0) is 4.74 Å². The third-order valence-electron chi connectivity index (χ3n) is 4.03. The van der Waals surface area contributed by atoms with E-state index in [1.807, 2.05) is 4.90 Å². The smallest absolute Gasteiger partial charge is 0.335 e. The fraction of sp³-hybridized carbons (Fsp3) is 0.0556. The summed E-state index contributed by atoms with van der Waals surface area (Å²) in [5.74, 6) is -0.798. The van der Waals surface area contributed by atoms with Crippen molar-refractivity contribution in [2.45, 2.75) is 6.17 Å². The second-order valence-corrected chi connectivity index (χ2v) is 5.44. The number of rotatable bonds is 3. The first-order valence-electron chi connectivity index (χ1n) is 7.36. The molecule has 0 saturated heterocycles. The minimum atomic E-state index is -0.976. The van der Waals surface area contributed by atoms with Gasteiger partial charge in [-0.15, -0.1) is 0 Å². The van der Waals surface area contributed by atoms with E-state index < -0.39 is 5.97 Å². The summed E-state index contributed by atoms with van der Waals surface area (Å²) in [5.41, 5.74) is 2.04. The van der Waals surface area contributed by atoms with Gasteiger partial charge in [-0.05, 0) is 29.8 Å². The van der Waals surface area contributed by atoms with E-state index in [0.29, 0.717) is 17.1 Å². The second-order valence-electron chi connectivity index (χ2n) is 5.44. The number of aromatic carboxylic acids is 1. The molecule has 2 aliphatic heterocycles. The van der Waals surface area contributed by atoms with Gasteiger partial charge in [0.05, 0.1) is 5.56 Å². The SMILES string of the molecule is O=C(O)c1ccc(C2NC(c3ccccc3F)=C3OC=CN32)cc1. The Hall–Kier alpha value is -3.28. The van der Waals surface area contributed by atoms with Crippen molar-refractivity contribution in [3.63, 3.8) is 0 Å². The van der Waals surface area contributed by atoms with Crippen LogP contribution in [0.3, 0.4) is 0 Å². The summed E-state index contributed by atoms with van der Waals surface area (Å²) in [5, 5.41) is 12.3. The van der Waals surface area contributed by atoms with Crippen molar-refractivity contribution in [2.75, 3.05) is 0 Å². The molecular formula is C18H13FN2O3. The summed E-state index contributed by atoms with van der Waals surface area (Å²) < 4.78 is 19.7. The highest BCUT2D eigenvalue weighted by molar-refractivity contribution is 5.87. The van der Waals surface area contributed by atoms with Gasteiger partial charge in [0, 0.05) is 11.8 Å². The van der Waals surface area contributed by atoms with E-state index in [4.69, 9.17) is 9.84 Å². The largest absolute Gasteiger partial charge is 0.478 e. The third kappa shape index (κ3) is 2.20. The number of fused-ring (bicyclic) bond motifs is 1. The standard InChI is InChI=1S/C18H13FN2O3/c19-14-4-2-1-3-13(14)15-17-21(9-10-24-17)16(20-15)11-5-7-12(8-6-11)18(22)23/h1-10,16,20H,(H,22,23). The lowest BCUT2D eigenvalue weighted by molar-refractivity contribution is 0.0697. The van der Waals surface area contributed by atoms with Crippen LogP contribution in [0.4, 0.5) is 4.39 Å². The Bertz CT molecular complexity index is 874. The lowest BCUT2D eigenvalue weighted by Gasteiger charge is -2.21. The lowest BCUT2D eigenvalue weighted by Crippen LogP contribution is -2.24. The maximum absolute atomic E-state index is 14.1. The van der Waals surface area contributed by atoms with Gasteiger partial charge in [0.2, 0.25) is 5.88 Å². The Morgan fingerprint density at radius 2 is 1.92 bits per heavy atom. The molecular weight excluding hydrogens is 311 g/mol. The molecule has 0 bridgehead atoms. The molecule has 0 aliphatic carbocycles. The fourth-order valence-corrected chi connectivity index (χ4v) is 2.86. The van der Waals surface area contributed by atoms with Gasteiger partial charge >= 0.3 is 5.97 Å². The van der Waals surface area contributed by atoms with E-state index in [1.165, 1.54) is 12.3 Å². The van der Waals surface area contributed by atoms with Crippen LogP contribution in [0.1, 0.15) is 27.7 Å². The zero-order chi connectivity index (χ0) is 16.7. The number of benzene rings is 2. The predicted octanol–water partition coefficient (Wildman–Crippen LogP) is 3.26. The van der Waals surface area contributed by atoms with Crippen LogP contribution in [0.2, 0.25) is 0 Å². The minimum Gasteiger partial charge on any atom is -0.478 e. The third-order valence-corrected chi connectivity index (χ3v) is 4.03. The molecule has 1 unspecified atom stereocenters. The van der Waals surface area contributed by atoms with E-state index in [1.54, 1.807) is 48.7 Å². The molecule has 4 rings (SSSR count). The molecule has 24 heavy (non-hydrogen) atoms. The van der Waals surface area contributed by atoms with E-state index in [0.717, 1.165) is 5.56 Å². The van der Waals surface area contributed by atoms with Crippen LogP contribution in [0, 0.1) is 5.82 Å². The maximum atomic E-state index is 14.1. The first-order valence-corrected chi connectivity index (χ1v) is 7.36. The summed E-state index contributed by atoms with van der Waals surface area (Å²) in [6.45, 7) is 0. The quantitative estimate of drug-likeness (QED) is 0.907. The van der Waals surface area contributed by atoms with Crippen LogP contribution in [0.25, 0.3) is 5.70 Å². The van der Waals surface area contributed by atoms with E-state index >= 15 is 0 Å². The minimum absolute atomic E-state index is 0.215. The van der Waals surface area contributed by atoms with Gasteiger partial charge < -0.3 is 15.2 Å². The number of nitrogens with one attached hydrogen (secondary N) is 1. The summed E-state index contributed by atoms with van der Waals surface area (Å²) in [6, 6.07) is 13.0. The van der Waals surface area contributed by atoms with E-state index in [2.05, 4.69) is 5.32 Å². The zero-order valence-corrected chi connectivity index (χ0v) is 12.4. The molecule has 1 atom stereocenters. The van der Waals surface area contributed by atoms with Crippen LogP contribution >= 0.6 is 0 Å². The average molecular weight is 324 g/mol. The number of halogens is 1. The number of hydrogen-bond acceptors (Lipinski definition) is 4. The number of nitrogens with zero attached hydrogens (tertiary/aromatic N) is 1. The molecule has 0 fully saturated rings. The van der Waals surface area contributed by atoms with E-state index in [9.17, 15) is 9.18 Å². The Balaban J connectivity index is 1.70. The molecule has 120 valence electrons. The van der Waals surface area contributed by atoms with Crippen molar-refractivity contribution in [1.29, 1.82) is 0 Å². The lowest BCUT2D eigenvalue weighted by atomic mass is 10.1. The normalized spacial score (nSPS) is 18.4. The highest BCUT2D eigenvalue weighted by Crippen LogP contribution is 2.39. The Kier molecular flexibility index (Phi) is 3.23. The van der Waals surface area contributed by atoms with Gasteiger partial charge in [0.25, 0.3) is 0 Å². The molecule has 0 radical (unpaired) electrons. The molecule has 2 aliphatic rings. The Morgan fingerprint density at radius 3 is 2.62 bits per heavy atom. The zero-order valence-electron chi connectivity index (χ0n) is 12.4.